The second-order valence-corrected chi connectivity index (χ2v) is 4.76. The molecular weight excluding hydrogens is 246 g/mol. The van der Waals surface area contributed by atoms with Gasteiger partial charge in [-0.1, -0.05) is 48.6 Å². The maximum absolute atomic E-state index is 5.48. The first-order valence-electron chi connectivity index (χ1n) is 6.50. The standard InChI is InChI=1S/C18H15NO/c1-13(2)16-6-4-3-5-14(16)7-8-15-12-20-18-11-19-10-9-17(15)18/h3-12H,1H2,2H3/b8-7-. The van der Waals surface area contributed by atoms with Gasteiger partial charge >= 0.3 is 0 Å². The average molecular weight is 261 g/mol. The van der Waals surface area contributed by atoms with Crippen molar-refractivity contribution in [1.82, 2.24) is 4.98 Å². The lowest BCUT2D eigenvalue weighted by atomic mass is 10.0. The molecule has 2 nitrogen and oxygen atoms in total. The molecule has 1 aromatic carbocycles. The molecule has 3 aromatic rings. The Hall–Kier alpha value is -2.61. The lowest BCUT2D eigenvalue weighted by molar-refractivity contribution is 0.613. The molecule has 98 valence electrons. The Morgan fingerprint density at radius 1 is 1.15 bits per heavy atom. The predicted molar refractivity (Wildman–Crippen MR) is 84.1 cm³/mol. The highest BCUT2D eigenvalue weighted by Gasteiger charge is 2.03. The Bertz CT molecular complexity index is 796. The third kappa shape index (κ3) is 2.28. The number of allylic oxidation sites excluding steroid dienone is 1. The summed E-state index contributed by atoms with van der Waals surface area (Å²) in [5.74, 6) is 0. The number of furan rings is 1. The molecule has 0 unspecified atom stereocenters. The number of pyridine rings is 1. The van der Waals surface area contributed by atoms with E-state index in [9.17, 15) is 0 Å². The summed E-state index contributed by atoms with van der Waals surface area (Å²) in [6.07, 6.45) is 9.42. The summed E-state index contributed by atoms with van der Waals surface area (Å²) in [5, 5.41) is 1.07. The molecule has 2 heteroatoms. The molecule has 0 N–H and O–H groups in total. The van der Waals surface area contributed by atoms with E-state index in [1.54, 1.807) is 18.7 Å². The average Bonchev–Trinajstić information content (AvgIpc) is 2.88. The van der Waals surface area contributed by atoms with Crippen LogP contribution >= 0.6 is 0 Å². The zero-order chi connectivity index (χ0) is 13.9. The van der Waals surface area contributed by atoms with Gasteiger partial charge in [0.05, 0.1) is 12.5 Å². The molecule has 0 fully saturated rings. The van der Waals surface area contributed by atoms with Crippen molar-refractivity contribution in [2.75, 3.05) is 0 Å². The van der Waals surface area contributed by atoms with Crippen LogP contribution in [0.4, 0.5) is 0 Å². The highest BCUT2D eigenvalue weighted by atomic mass is 16.3. The van der Waals surface area contributed by atoms with Gasteiger partial charge in [-0.25, -0.2) is 0 Å². The maximum atomic E-state index is 5.48. The summed E-state index contributed by atoms with van der Waals surface area (Å²) in [7, 11) is 0. The fraction of sp³-hybridized carbons (Fsp3) is 0.0556. The van der Waals surface area contributed by atoms with Gasteiger partial charge in [0.1, 0.15) is 0 Å². The van der Waals surface area contributed by atoms with Gasteiger partial charge in [-0.2, -0.15) is 0 Å². The van der Waals surface area contributed by atoms with Crippen LogP contribution in [0.25, 0.3) is 28.7 Å². The van der Waals surface area contributed by atoms with Crippen LogP contribution in [0.3, 0.4) is 0 Å². The molecule has 20 heavy (non-hydrogen) atoms. The Balaban J connectivity index is 2.01. The first-order chi connectivity index (χ1) is 9.75. The van der Waals surface area contributed by atoms with Crippen molar-refractivity contribution in [2.24, 2.45) is 0 Å². The van der Waals surface area contributed by atoms with Crippen molar-refractivity contribution in [3.05, 3.63) is 72.3 Å². The Morgan fingerprint density at radius 2 is 1.95 bits per heavy atom. The summed E-state index contributed by atoms with van der Waals surface area (Å²) in [6, 6.07) is 10.2. The fourth-order valence-corrected chi connectivity index (χ4v) is 2.24. The SMILES string of the molecule is C=C(C)c1ccccc1/C=C\c1coc2cnccc12. The van der Waals surface area contributed by atoms with Crippen LogP contribution in [0.15, 0.2) is 60.0 Å². The fourth-order valence-electron chi connectivity index (χ4n) is 2.24. The van der Waals surface area contributed by atoms with E-state index in [1.165, 1.54) is 5.56 Å². The van der Waals surface area contributed by atoms with Crippen molar-refractivity contribution in [3.8, 4) is 0 Å². The normalized spacial score (nSPS) is 11.2. The number of fused-ring (bicyclic) bond motifs is 1. The number of hydrogen-bond donors (Lipinski definition) is 0. The van der Waals surface area contributed by atoms with Gasteiger partial charge in [0.25, 0.3) is 0 Å². The highest BCUT2D eigenvalue weighted by Crippen LogP contribution is 2.24. The minimum absolute atomic E-state index is 0.806. The molecule has 0 aliphatic carbocycles. The van der Waals surface area contributed by atoms with Gasteiger partial charge in [0.2, 0.25) is 0 Å². The molecule has 0 saturated carbocycles. The van der Waals surface area contributed by atoms with Crippen LogP contribution in [-0.4, -0.2) is 4.98 Å². The molecule has 3 rings (SSSR count). The summed E-state index contributed by atoms with van der Waals surface area (Å²) in [4.78, 5) is 4.05. The number of rotatable bonds is 3. The van der Waals surface area contributed by atoms with Gasteiger partial charge in [-0.3, -0.25) is 4.98 Å². The molecule has 0 amide bonds. The van der Waals surface area contributed by atoms with E-state index in [1.807, 2.05) is 25.1 Å². The second-order valence-electron chi connectivity index (χ2n) is 4.76. The Morgan fingerprint density at radius 3 is 2.80 bits per heavy atom. The molecule has 2 aromatic heterocycles. The van der Waals surface area contributed by atoms with E-state index in [0.29, 0.717) is 0 Å². The van der Waals surface area contributed by atoms with Gasteiger partial charge in [0.15, 0.2) is 5.58 Å². The zero-order valence-electron chi connectivity index (χ0n) is 11.3. The van der Waals surface area contributed by atoms with E-state index >= 15 is 0 Å². The molecule has 0 radical (unpaired) electrons. The number of aromatic nitrogens is 1. The topological polar surface area (TPSA) is 26.0 Å². The molecule has 0 atom stereocenters. The van der Waals surface area contributed by atoms with Crippen LogP contribution in [0, 0.1) is 0 Å². The first-order valence-corrected chi connectivity index (χ1v) is 6.50. The van der Waals surface area contributed by atoms with Crippen molar-refractivity contribution >= 4 is 28.7 Å². The molecule has 0 saturated heterocycles. The smallest absolute Gasteiger partial charge is 0.152 e. The minimum atomic E-state index is 0.806. The van der Waals surface area contributed by atoms with Gasteiger partial charge in [-0.05, 0) is 24.1 Å². The van der Waals surface area contributed by atoms with Gasteiger partial charge in [0, 0.05) is 17.1 Å². The number of nitrogens with zero attached hydrogens (tertiary/aromatic N) is 1. The quantitative estimate of drug-likeness (QED) is 0.660. The van der Waals surface area contributed by atoms with Crippen molar-refractivity contribution in [1.29, 1.82) is 0 Å². The summed E-state index contributed by atoms with van der Waals surface area (Å²) < 4.78 is 5.48. The van der Waals surface area contributed by atoms with E-state index in [2.05, 4.69) is 35.8 Å². The first kappa shape index (κ1) is 12.4. The van der Waals surface area contributed by atoms with Gasteiger partial charge in [-0.15, -0.1) is 0 Å². The van der Waals surface area contributed by atoms with Crippen LogP contribution in [0.1, 0.15) is 23.6 Å². The van der Waals surface area contributed by atoms with Crippen LogP contribution in [0.5, 0.6) is 0 Å². The van der Waals surface area contributed by atoms with Crippen LogP contribution in [-0.2, 0) is 0 Å². The molecule has 0 bridgehead atoms. The zero-order valence-corrected chi connectivity index (χ0v) is 11.3. The summed E-state index contributed by atoms with van der Waals surface area (Å²) in [5.41, 5.74) is 5.24. The Labute approximate surface area is 118 Å². The van der Waals surface area contributed by atoms with Crippen molar-refractivity contribution in [3.63, 3.8) is 0 Å². The van der Waals surface area contributed by atoms with Crippen molar-refractivity contribution < 1.29 is 4.42 Å². The molecule has 0 aliphatic rings. The molecule has 0 aliphatic heterocycles. The lowest BCUT2D eigenvalue weighted by Crippen LogP contribution is -1.83. The predicted octanol–water partition coefficient (Wildman–Crippen LogP) is 5.03. The highest BCUT2D eigenvalue weighted by molar-refractivity contribution is 5.90. The van der Waals surface area contributed by atoms with E-state index in [-0.39, 0.29) is 0 Å². The number of hydrogen-bond acceptors (Lipinski definition) is 2. The van der Waals surface area contributed by atoms with Crippen molar-refractivity contribution in [2.45, 2.75) is 6.92 Å². The third-order valence-electron chi connectivity index (χ3n) is 3.27. The maximum Gasteiger partial charge on any atom is 0.152 e. The molecule has 0 spiro atoms. The third-order valence-corrected chi connectivity index (χ3v) is 3.27. The van der Waals surface area contributed by atoms with Crippen LogP contribution < -0.4 is 0 Å². The summed E-state index contributed by atoms with van der Waals surface area (Å²) in [6.45, 7) is 6.04. The number of benzene rings is 1. The van der Waals surface area contributed by atoms with Crippen LogP contribution in [0.2, 0.25) is 0 Å². The molecule has 2 heterocycles. The van der Waals surface area contributed by atoms with E-state index in [0.717, 1.165) is 27.7 Å². The second kappa shape index (κ2) is 5.17. The summed E-state index contributed by atoms with van der Waals surface area (Å²) >= 11 is 0. The van der Waals surface area contributed by atoms with Gasteiger partial charge < -0.3 is 4.42 Å². The van der Waals surface area contributed by atoms with E-state index in [4.69, 9.17) is 4.42 Å². The largest absolute Gasteiger partial charge is 0.462 e. The monoisotopic (exact) mass is 261 g/mol. The lowest BCUT2D eigenvalue weighted by Gasteiger charge is -2.04. The molecular formula is C18H15NO. The Kier molecular flexibility index (Phi) is 3.21. The minimum Gasteiger partial charge on any atom is -0.462 e. The van der Waals surface area contributed by atoms with E-state index < -0.39 is 0 Å².